The number of anilines is 2. The van der Waals surface area contributed by atoms with E-state index in [1.807, 2.05) is 36.4 Å². The number of nitrogens with one attached hydrogen (secondary N) is 2. The Hall–Kier alpha value is -5.18. The van der Waals surface area contributed by atoms with Crippen molar-refractivity contribution in [1.82, 2.24) is 4.90 Å². The Labute approximate surface area is 236 Å². The van der Waals surface area contributed by atoms with Crippen molar-refractivity contribution < 1.29 is 28.2 Å². The van der Waals surface area contributed by atoms with Crippen molar-refractivity contribution in [3.8, 4) is 5.75 Å². The van der Waals surface area contributed by atoms with E-state index in [0.29, 0.717) is 22.7 Å². The zero-order valence-electron chi connectivity index (χ0n) is 22.3. The van der Waals surface area contributed by atoms with E-state index >= 15 is 0 Å². The maximum atomic E-state index is 13.6. The van der Waals surface area contributed by atoms with E-state index in [1.165, 1.54) is 29.2 Å². The molecule has 0 aliphatic carbocycles. The predicted octanol–water partition coefficient (Wildman–Crippen LogP) is 5.72. The van der Waals surface area contributed by atoms with Gasteiger partial charge in [-0.3, -0.25) is 14.5 Å². The van der Waals surface area contributed by atoms with Gasteiger partial charge < -0.3 is 20.1 Å². The third-order valence-electron chi connectivity index (χ3n) is 6.68. The number of hydrogen-bond donors (Lipinski definition) is 2. The fourth-order valence-electron chi connectivity index (χ4n) is 4.67. The molecule has 4 aromatic rings. The first kappa shape index (κ1) is 27.4. The van der Waals surface area contributed by atoms with Crippen LogP contribution in [0.3, 0.4) is 0 Å². The van der Waals surface area contributed by atoms with Crippen molar-refractivity contribution in [2.75, 3.05) is 17.7 Å². The third-order valence-corrected chi connectivity index (χ3v) is 6.68. The standard InChI is InChI=1S/C32H28FN3O5/c1-40-27-9-5-8-22(18-27)20-36-29(31(38)35-26-16-12-24(33)13-17-26)30(41-32(36)39)23-10-14-25(15-11-23)34-28(37)19-21-6-3-2-4-7-21/h2-18,29-30H,19-20H2,1H3,(H,34,37)(H,35,38). The number of carbonyl (C=O) groups excluding carboxylic acids is 3. The molecule has 41 heavy (non-hydrogen) atoms. The zero-order valence-corrected chi connectivity index (χ0v) is 22.3. The van der Waals surface area contributed by atoms with Crippen molar-refractivity contribution >= 4 is 29.3 Å². The summed E-state index contributed by atoms with van der Waals surface area (Å²) in [6, 6.07) is 27.7. The minimum absolute atomic E-state index is 0.0989. The lowest BCUT2D eigenvalue weighted by Gasteiger charge is -2.24. The van der Waals surface area contributed by atoms with E-state index in [9.17, 15) is 18.8 Å². The maximum absolute atomic E-state index is 13.6. The number of rotatable bonds is 9. The van der Waals surface area contributed by atoms with Gasteiger partial charge in [0.15, 0.2) is 12.1 Å². The minimum atomic E-state index is -1.03. The van der Waals surface area contributed by atoms with Crippen LogP contribution >= 0.6 is 0 Å². The van der Waals surface area contributed by atoms with Crippen LogP contribution in [0.4, 0.5) is 20.6 Å². The molecule has 2 unspecified atom stereocenters. The molecule has 1 aliphatic heterocycles. The molecule has 1 heterocycles. The van der Waals surface area contributed by atoms with E-state index in [2.05, 4.69) is 10.6 Å². The number of hydrogen-bond acceptors (Lipinski definition) is 5. The summed E-state index contributed by atoms with van der Waals surface area (Å²) in [4.78, 5) is 40.5. The molecule has 0 spiro atoms. The molecule has 4 aromatic carbocycles. The second-order valence-electron chi connectivity index (χ2n) is 9.56. The van der Waals surface area contributed by atoms with Gasteiger partial charge in [-0.2, -0.15) is 0 Å². The van der Waals surface area contributed by atoms with Crippen molar-refractivity contribution in [3.63, 3.8) is 0 Å². The summed E-state index contributed by atoms with van der Waals surface area (Å²) in [5, 5.41) is 5.63. The number of ether oxygens (including phenoxy) is 2. The largest absolute Gasteiger partial charge is 0.497 e. The van der Waals surface area contributed by atoms with Gasteiger partial charge >= 0.3 is 6.09 Å². The van der Waals surface area contributed by atoms with E-state index in [-0.39, 0.29) is 18.9 Å². The van der Waals surface area contributed by atoms with Gasteiger partial charge in [-0.1, -0.05) is 54.6 Å². The predicted molar refractivity (Wildman–Crippen MR) is 152 cm³/mol. The van der Waals surface area contributed by atoms with E-state index in [0.717, 1.165) is 11.1 Å². The van der Waals surface area contributed by atoms with Gasteiger partial charge in [0.05, 0.1) is 20.1 Å². The highest BCUT2D eigenvalue weighted by Gasteiger charge is 2.47. The van der Waals surface area contributed by atoms with Crippen LogP contribution in [0.2, 0.25) is 0 Å². The summed E-state index contributed by atoms with van der Waals surface area (Å²) in [7, 11) is 1.55. The highest BCUT2D eigenvalue weighted by Crippen LogP contribution is 2.35. The van der Waals surface area contributed by atoms with E-state index in [4.69, 9.17) is 9.47 Å². The molecular formula is C32H28FN3O5. The molecule has 0 bridgehead atoms. The summed E-state index contributed by atoms with van der Waals surface area (Å²) in [5.74, 6) is -0.479. The molecule has 2 N–H and O–H groups in total. The van der Waals surface area contributed by atoms with Crippen LogP contribution in [0.25, 0.3) is 0 Å². The van der Waals surface area contributed by atoms with Gasteiger partial charge in [0.25, 0.3) is 5.91 Å². The smallest absolute Gasteiger partial charge is 0.411 e. The fraction of sp³-hybridized carbons (Fsp3) is 0.156. The van der Waals surface area contributed by atoms with Crippen LogP contribution < -0.4 is 15.4 Å². The van der Waals surface area contributed by atoms with Crippen molar-refractivity contribution in [2.45, 2.75) is 25.1 Å². The van der Waals surface area contributed by atoms with Crippen molar-refractivity contribution in [3.05, 3.63) is 126 Å². The topological polar surface area (TPSA) is 97.0 Å². The number of carbonyl (C=O) groups is 3. The molecule has 208 valence electrons. The third kappa shape index (κ3) is 6.70. The van der Waals surface area contributed by atoms with Gasteiger partial charge in [-0.25, -0.2) is 9.18 Å². The normalized spacial score (nSPS) is 16.1. The Morgan fingerprint density at radius 2 is 1.51 bits per heavy atom. The number of nitrogens with zero attached hydrogens (tertiary/aromatic N) is 1. The number of cyclic esters (lactones) is 1. The lowest BCUT2D eigenvalue weighted by Crippen LogP contribution is -2.43. The average molecular weight is 554 g/mol. The summed E-state index contributed by atoms with van der Waals surface area (Å²) < 4.78 is 24.4. The molecule has 0 saturated carbocycles. The summed E-state index contributed by atoms with van der Waals surface area (Å²) in [6.45, 7) is 0.0989. The van der Waals surface area contributed by atoms with Crippen molar-refractivity contribution in [2.24, 2.45) is 0 Å². The number of benzene rings is 4. The molecule has 1 aliphatic rings. The van der Waals surface area contributed by atoms with Gasteiger partial charge in [-0.15, -0.1) is 0 Å². The Morgan fingerprint density at radius 1 is 0.854 bits per heavy atom. The highest BCUT2D eigenvalue weighted by molar-refractivity contribution is 5.98. The first-order valence-corrected chi connectivity index (χ1v) is 13.0. The number of methoxy groups -OCH3 is 1. The Balaban J connectivity index is 1.37. The number of halogens is 1. The van der Waals surface area contributed by atoms with Crippen LogP contribution in [0.15, 0.2) is 103 Å². The molecule has 1 fully saturated rings. The first-order chi connectivity index (χ1) is 19.9. The van der Waals surface area contributed by atoms with Gasteiger partial charge in [-0.05, 0) is 65.2 Å². The van der Waals surface area contributed by atoms with E-state index in [1.54, 1.807) is 49.6 Å². The van der Waals surface area contributed by atoms with Gasteiger partial charge in [0.2, 0.25) is 5.91 Å². The van der Waals surface area contributed by atoms with Crippen LogP contribution in [-0.2, 0) is 27.3 Å². The fourth-order valence-corrected chi connectivity index (χ4v) is 4.67. The summed E-state index contributed by atoms with van der Waals surface area (Å²) in [5.41, 5.74) is 3.17. The molecule has 0 radical (unpaired) electrons. The van der Waals surface area contributed by atoms with Crippen LogP contribution in [-0.4, -0.2) is 36.0 Å². The molecule has 5 rings (SSSR count). The molecule has 3 amide bonds. The molecular weight excluding hydrogens is 525 g/mol. The lowest BCUT2D eigenvalue weighted by atomic mass is 10.00. The Bertz CT molecular complexity index is 1530. The van der Waals surface area contributed by atoms with Crippen LogP contribution in [0, 0.1) is 5.82 Å². The van der Waals surface area contributed by atoms with Crippen LogP contribution in [0.5, 0.6) is 5.75 Å². The number of amides is 3. The average Bonchev–Trinajstić information content (AvgIpc) is 3.30. The Morgan fingerprint density at radius 3 is 2.22 bits per heavy atom. The first-order valence-electron chi connectivity index (χ1n) is 13.0. The van der Waals surface area contributed by atoms with Gasteiger partial charge in [0, 0.05) is 11.4 Å². The quantitative estimate of drug-likeness (QED) is 0.277. The van der Waals surface area contributed by atoms with E-state index < -0.39 is 30.0 Å². The van der Waals surface area contributed by atoms with Crippen molar-refractivity contribution in [1.29, 1.82) is 0 Å². The molecule has 0 aromatic heterocycles. The molecule has 2 atom stereocenters. The lowest BCUT2D eigenvalue weighted by molar-refractivity contribution is -0.121. The highest BCUT2D eigenvalue weighted by atomic mass is 19.1. The van der Waals surface area contributed by atoms with Gasteiger partial charge in [0.1, 0.15) is 11.6 Å². The molecule has 8 nitrogen and oxygen atoms in total. The minimum Gasteiger partial charge on any atom is -0.497 e. The monoisotopic (exact) mass is 553 g/mol. The maximum Gasteiger partial charge on any atom is 0.411 e. The summed E-state index contributed by atoms with van der Waals surface area (Å²) in [6.07, 6.45) is -1.35. The van der Waals surface area contributed by atoms with Crippen LogP contribution in [0.1, 0.15) is 22.8 Å². The second kappa shape index (κ2) is 12.3. The Kier molecular flexibility index (Phi) is 8.24. The molecule has 1 saturated heterocycles. The summed E-state index contributed by atoms with van der Waals surface area (Å²) >= 11 is 0. The zero-order chi connectivity index (χ0) is 28.8. The second-order valence-corrected chi connectivity index (χ2v) is 9.56. The molecule has 9 heteroatoms. The SMILES string of the molecule is COc1cccc(CN2C(=O)OC(c3ccc(NC(=O)Cc4ccccc4)cc3)C2C(=O)Nc2ccc(F)cc2)c1.